The van der Waals surface area contributed by atoms with E-state index in [2.05, 4.69) is 41.8 Å². The van der Waals surface area contributed by atoms with Gasteiger partial charge in [0.1, 0.15) is 0 Å². The molecule has 0 saturated carbocycles. The minimum Gasteiger partial charge on any atom is -0.391 e. The van der Waals surface area contributed by atoms with Crippen LogP contribution in [0, 0.1) is 5.92 Å². The standard InChI is InChI=1S/C25H28N2OS/c1-20(2)25(28)24(18-19-29-23-16-10-5-11-17-23)26-27(21-12-6-3-7-13-21)22-14-8-4-9-15-22/h3-20,24-26,28H,1-2H3/b19-18+/t24-,25+/m1/s1. The van der Waals surface area contributed by atoms with Gasteiger partial charge in [-0.05, 0) is 47.7 Å². The first-order valence-electron chi connectivity index (χ1n) is 9.88. The summed E-state index contributed by atoms with van der Waals surface area (Å²) in [5.74, 6) is 0.118. The van der Waals surface area contributed by atoms with Crippen LogP contribution in [0.25, 0.3) is 0 Å². The third-order valence-electron chi connectivity index (χ3n) is 4.59. The maximum absolute atomic E-state index is 10.9. The topological polar surface area (TPSA) is 35.5 Å². The first-order valence-corrected chi connectivity index (χ1v) is 10.8. The molecule has 0 unspecified atom stereocenters. The summed E-state index contributed by atoms with van der Waals surface area (Å²) >= 11 is 1.65. The minimum absolute atomic E-state index is 0.118. The highest BCUT2D eigenvalue weighted by molar-refractivity contribution is 8.02. The summed E-state index contributed by atoms with van der Waals surface area (Å²) < 4.78 is 0. The molecule has 0 heterocycles. The molecule has 2 N–H and O–H groups in total. The van der Waals surface area contributed by atoms with E-state index in [1.54, 1.807) is 11.8 Å². The zero-order valence-electron chi connectivity index (χ0n) is 16.8. The van der Waals surface area contributed by atoms with Crippen molar-refractivity contribution in [2.45, 2.75) is 30.9 Å². The van der Waals surface area contributed by atoms with Crippen LogP contribution >= 0.6 is 11.8 Å². The Morgan fingerprint density at radius 3 is 1.76 bits per heavy atom. The van der Waals surface area contributed by atoms with Crippen molar-refractivity contribution in [2.24, 2.45) is 5.92 Å². The smallest absolute Gasteiger partial charge is 0.0769 e. The average molecular weight is 405 g/mol. The average Bonchev–Trinajstić information content (AvgIpc) is 2.77. The highest BCUT2D eigenvalue weighted by Gasteiger charge is 2.23. The van der Waals surface area contributed by atoms with Crippen LogP contribution in [-0.4, -0.2) is 17.3 Å². The van der Waals surface area contributed by atoms with Gasteiger partial charge in [0, 0.05) is 4.90 Å². The SMILES string of the molecule is CC(C)[C@H](O)[C@@H](/C=C/Sc1ccccc1)NN(c1ccccc1)c1ccccc1. The molecule has 4 heteroatoms. The monoisotopic (exact) mass is 404 g/mol. The lowest BCUT2D eigenvalue weighted by Crippen LogP contribution is -2.48. The molecule has 2 atom stereocenters. The number of hydrogen-bond donors (Lipinski definition) is 2. The van der Waals surface area contributed by atoms with Crippen LogP contribution in [0.4, 0.5) is 11.4 Å². The molecule has 3 rings (SSSR count). The number of anilines is 2. The molecule has 0 aliphatic heterocycles. The number of nitrogens with one attached hydrogen (secondary N) is 1. The predicted molar refractivity (Wildman–Crippen MR) is 124 cm³/mol. The van der Waals surface area contributed by atoms with Gasteiger partial charge in [-0.25, -0.2) is 5.43 Å². The van der Waals surface area contributed by atoms with Gasteiger partial charge in [0.25, 0.3) is 0 Å². The van der Waals surface area contributed by atoms with Crippen molar-refractivity contribution < 1.29 is 5.11 Å². The zero-order chi connectivity index (χ0) is 20.5. The van der Waals surface area contributed by atoms with E-state index < -0.39 is 6.10 Å². The molecule has 0 bridgehead atoms. The van der Waals surface area contributed by atoms with Crippen LogP contribution in [-0.2, 0) is 0 Å². The predicted octanol–water partition coefficient (Wildman–Crippen LogP) is 6.02. The lowest BCUT2D eigenvalue weighted by Gasteiger charge is -2.33. The maximum atomic E-state index is 10.9. The molecule has 0 amide bonds. The first-order chi connectivity index (χ1) is 14.1. The molecule has 0 fully saturated rings. The maximum Gasteiger partial charge on any atom is 0.0769 e. The van der Waals surface area contributed by atoms with E-state index in [4.69, 9.17) is 0 Å². The van der Waals surface area contributed by atoms with Crippen LogP contribution in [0.3, 0.4) is 0 Å². The van der Waals surface area contributed by atoms with Crippen molar-refractivity contribution in [3.8, 4) is 0 Å². The molecule has 0 spiro atoms. The van der Waals surface area contributed by atoms with Crippen molar-refractivity contribution in [1.82, 2.24) is 5.43 Å². The van der Waals surface area contributed by atoms with Gasteiger partial charge in [-0.15, -0.1) is 0 Å². The Morgan fingerprint density at radius 2 is 1.28 bits per heavy atom. The summed E-state index contributed by atoms with van der Waals surface area (Å²) in [4.78, 5) is 1.17. The van der Waals surface area contributed by atoms with Gasteiger partial charge in [0.15, 0.2) is 0 Å². The molecule has 3 nitrogen and oxygen atoms in total. The molecule has 0 radical (unpaired) electrons. The van der Waals surface area contributed by atoms with Gasteiger partial charge in [0.05, 0.1) is 23.5 Å². The first kappa shape index (κ1) is 21.2. The number of hydrazine groups is 1. The minimum atomic E-state index is -0.530. The Balaban J connectivity index is 1.85. The largest absolute Gasteiger partial charge is 0.391 e. The van der Waals surface area contributed by atoms with Crippen LogP contribution in [0.2, 0.25) is 0 Å². The summed E-state index contributed by atoms with van der Waals surface area (Å²) in [6.07, 6.45) is 1.51. The number of rotatable bonds is 9. The number of aliphatic hydroxyl groups is 1. The summed E-state index contributed by atoms with van der Waals surface area (Å²) in [5.41, 5.74) is 5.57. The number of aliphatic hydroxyl groups excluding tert-OH is 1. The fraction of sp³-hybridized carbons (Fsp3) is 0.200. The van der Waals surface area contributed by atoms with Gasteiger partial charge < -0.3 is 5.11 Å². The van der Waals surface area contributed by atoms with E-state index in [-0.39, 0.29) is 12.0 Å². The Labute approximate surface area is 178 Å². The molecular formula is C25H28N2OS. The van der Waals surface area contributed by atoms with Crippen molar-refractivity contribution in [2.75, 3.05) is 5.01 Å². The molecule has 0 aliphatic carbocycles. The van der Waals surface area contributed by atoms with E-state index in [1.807, 2.05) is 84.9 Å². The number of nitrogens with zero attached hydrogens (tertiary/aromatic N) is 1. The fourth-order valence-electron chi connectivity index (χ4n) is 2.95. The van der Waals surface area contributed by atoms with Gasteiger partial charge >= 0.3 is 0 Å². The van der Waals surface area contributed by atoms with Crippen molar-refractivity contribution in [3.05, 3.63) is 102 Å². The van der Waals surface area contributed by atoms with E-state index >= 15 is 0 Å². The van der Waals surface area contributed by atoms with Crippen LogP contribution < -0.4 is 10.4 Å². The number of thioether (sulfide) groups is 1. The Bertz CT molecular complexity index is 830. The van der Waals surface area contributed by atoms with E-state index in [9.17, 15) is 5.11 Å². The molecule has 29 heavy (non-hydrogen) atoms. The molecule has 0 saturated heterocycles. The van der Waals surface area contributed by atoms with Crippen LogP contribution in [0.1, 0.15) is 13.8 Å². The van der Waals surface area contributed by atoms with Crippen LogP contribution in [0.5, 0.6) is 0 Å². The fourth-order valence-corrected chi connectivity index (χ4v) is 3.67. The highest BCUT2D eigenvalue weighted by atomic mass is 32.2. The summed E-state index contributed by atoms with van der Waals surface area (Å²) in [7, 11) is 0. The van der Waals surface area contributed by atoms with Crippen molar-refractivity contribution in [1.29, 1.82) is 0 Å². The van der Waals surface area contributed by atoms with Crippen molar-refractivity contribution in [3.63, 3.8) is 0 Å². The number of benzene rings is 3. The summed E-state index contributed by atoms with van der Waals surface area (Å²) in [6.45, 7) is 4.07. The van der Waals surface area contributed by atoms with Crippen LogP contribution in [0.15, 0.2) is 107 Å². The third kappa shape index (κ3) is 6.23. The van der Waals surface area contributed by atoms with E-state index in [0.717, 1.165) is 11.4 Å². The second-order valence-corrected chi connectivity index (χ2v) is 8.13. The molecule has 150 valence electrons. The molecule has 3 aromatic carbocycles. The quantitative estimate of drug-likeness (QED) is 0.338. The van der Waals surface area contributed by atoms with E-state index in [1.165, 1.54) is 4.90 Å². The molecular weight excluding hydrogens is 376 g/mol. The van der Waals surface area contributed by atoms with Gasteiger partial charge in [-0.2, -0.15) is 0 Å². The van der Waals surface area contributed by atoms with Crippen molar-refractivity contribution >= 4 is 23.1 Å². The van der Waals surface area contributed by atoms with Gasteiger partial charge in [-0.1, -0.05) is 86.3 Å². The lowest BCUT2D eigenvalue weighted by molar-refractivity contribution is 0.0997. The molecule has 0 aliphatic rings. The number of para-hydroxylation sites is 2. The normalized spacial score (nSPS) is 13.5. The Morgan fingerprint density at radius 1 is 0.793 bits per heavy atom. The third-order valence-corrected chi connectivity index (χ3v) is 5.43. The Kier molecular flexibility index (Phi) is 7.94. The summed E-state index contributed by atoms with van der Waals surface area (Å²) in [5, 5.41) is 15.0. The second-order valence-electron chi connectivity index (χ2n) is 7.16. The zero-order valence-corrected chi connectivity index (χ0v) is 17.7. The lowest BCUT2D eigenvalue weighted by atomic mass is 10.0. The highest BCUT2D eigenvalue weighted by Crippen LogP contribution is 2.25. The second kappa shape index (κ2) is 10.9. The Hall–Kier alpha value is -2.53. The van der Waals surface area contributed by atoms with Gasteiger partial charge in [0.2, 0.25) is 0 Å². The van der Waals surface area contributed by atoms with E-state index in [0.29, 0.717) is 0 Å². The molecule has 0 aromatic heterocycles. The summed E-state index contributed by atoms with van der Waals surface area (Å²) in [6, 6.07) is 30.3. The molecule has 3 aromatic rings. The van der Waals surface area contributed by atoms with Gasteiger partial charge in [-0.3, -0.25) is 5.01 Å². The number of hydrogen-bond acceptors (Lipinski definition) is 4.